The molecule has 110 valence electrons. The number of fused-ring (bicyclic) bond motifs is 1. The van der Waals surface area contributed by atoms with E-state index < -0.39 is 0 Å². The fourth-order valence-electron chi connectivity index (χ4n) is 3.21. The zero-order valence-corrected chi connectivity index (χ0v) is 13.4. The van der Waals surface area contributed by atoms with Crippen LogP contribution in [0.3, 0.4) is 0 Å². The number of aryl methyl sites for hydroxylation is 2. The van der Waals surface area contributed by atoms with E-state index in [9.17, 15) is 0 Å². The fourth-order valence-corrected chi connectivity index (χ4v) is 4.17. The number of nitrogens with zero attached hydrogens (tertiary/aromatic N) is 2. The van der Waals surface area contributed by atoms with Crippen molar-refractivity contribution in [1.82, 2.24) is 4.98 Å². The Morgan fingerprint density at radius 2 is 2.24 bits per heavy atom. The van der Waals surface area contributed by atoms with Crippen LogP contribution >= 0.6 is 11.3 Å². The number of nitrogens with two attached hydrogens (primary N) is 1. The van der Waals surface area contributed by atoms with Crippen molar-refractivity contribution in [2.75, 3.05) is 11.4 Å². The van der Waals surface area contributed by atoms with Gasteiger partial charge in [-0.1, -0.05) is 0 Å². The van der Waals surface area contributed by atoms with Crippen LogP contribution in [0.25, 0.3) is 0 Å². The molecule has 4 nitrogen and oxygen atoms in total. The second-order valence-corrected chi connectivity index (χ2v) is 6.58. The molecule has 21 heavy (non-hydrogen) atoms. The first-order valence-electron chi connectivity index (χ1n) is 7.14. The first-order valence-corrected chi connectivity index (χ1v) is 8.02. The Balaban J connectivity index is 2.11. The van der Waals surface area contributed by atoms with Crippen LogP contribution in [0.5, 0.6) is 0 Å². The summed E-state index contributed by atoms with van der Waals surface area (Å²) < 4.78 is 0. The molecule has 1 unspecified atom stereocenters. The van der Waals surface area contributed by atoms with Crippen molar-refractivity contribution in [3.63, 3.8) is 0 Å². The summed E-state index contributed by atoms with van der Waals surface area (Å²) in [5.41, 5.74) is 10.8. The molecule has 2 aromatic rings. The molecule has 5 heteroatoms. The summed E-state index contributed by atoms with van der Waals surface area (Å²) >= 11 is 1.84. The largest absolute Gasteiger partial charge is 0.384 e. The van der Waals surface area contributed by atoms with E-state index in [2.05, 4.69) is 34.3 Å². The smallest absolute Gasteiger partial charge is 0.126 e. The number of nitrogens with one attached hydrogen (secondary N) is 1. The van der Waals surface area contributed by atoms with Gasteiger partial charge in [0.1, 0.15) is 5.84 Å². The van der Waals surface area contributed by atoms with Crippen molar-refractivity contribution in [2.45, 2.75) is 33.2 Å². The topological polar surface area (TPSA) is 66.0 Å². The second kappa shape index (κ2) is 5.15. The number of rotatable bonds is 2. The van der Waals surface area contributed by atoms with Gasteiger partial charge in [-0.15, -0.1) is 11.3 Å². The molecule has 0 aliphatic carbocycles. The summed E-state index contributed by atoms with van der Waals surface area (Å²) in [7, 11) is 0. The molecular weight excluding hydrogens is 280 g/mol. The van der Waals surface area contributed by atoms with Crippen LogP contribution in [0.1, 0.15) is 40.4 Å². The summed E-state index contributed by atoms with van der Waals surface area (Å²) in [5.74, 6) is 0.0957. The maximum atomic E-state index is 7.90. The van der Waals surface area contributed by atoms with Crippen LogP contribution in [0.15, 0.2) is 17.5 Å². The molecule has 0 radical (unpaired) electrons. The number of aromatic nitrogens is 1. The highest BCUT2D eigenvalue weighted by molar-refractivity contribution is 7.10. The molecule has 3 heterocycles. The standard InChI is InChI=1S/C16H20N4S/c1-9-8-13(15(16(17)18)10(2)19-9)20-6-4-14-12(11(20)3)5-7-21-14/h5,7-8,11H,4,6H2,1-3H3,(H3,17,18). The maximum absolute atomic E-state index is 7.90. The molecule has 0 saturated carbocycles. The van der Waals surface area contributed by atoms with E-state index in [-0.39, 0.29) is 5.84 Å². The first-order chi connectivity index (χ1) is 9.99. The number of nitrogen functional groups attached to an aromatic ring is 1. The van der Waals surface area contributed by atoms with E-state index >= 15 is 0 Å². The van der Waals surface area contributed by atoms with Gasteiger partial charge >= 0.3 is 0 Å². The van der Waals surface area contributed by atoms with Gasteiger partial charge in [0, 0.05) is 17.1 Å². The highest BCUT2D eigenvalue weighted by Crippen LogP contribution is 2.37. The minimum Gasteiger partial charge on any atom is -0.384 e. The molecule has 0 aromatic carbocycles. The predicted molar refractivity (Wildman–Crippen MR) is 88.5 cm³/mol. The summed E-state index contributed by atoms with van der Waals surface area (Å²) in [6, 6.07) is 4.57. The number of amidine groups is 1. The molecule has 1 aliphatic heterocycles. The normalized spacial score (nSPS) is 17.7. The quantitative estimate of drug-likeness (QED) is 0.661. The van der Waals surface area contributed by atoms with Crippen LogP contribution in [0.2, 0.25) is 0 Å². The lowest BCUT2D eigenvalue weighted by molar-refractivity contribution is 0.631. The highest BCUT2D eigenvalue weighted by Gasteiger charge is 2.27. The average Bonchev–Trinajstić information content (AvgIpc) is 2.86. The predicted octanol–water partition coefficient (Wildman–Crippen LogP) is 3.17. The molecule has 3 N–H and O–H groups in total. The van der Waals surface area contributed by atoms with E-state index in [1.165, 1.54) is 10.4 Å². The van der Waals surface area contributed by atoms with Gasteiger partial charge in [-0.05, 0) is 50.3 Å². The van der Waals surface area contributed by atoms with Crippen molar-refractivity contribution in [3.8, 4) is 0 Å². The monoisotopic (exact) mass is 300 g/mol. The van der Waals surface area contributed by atoms with Crippen molar-refractivity contribution in [2.24, 2.45) is 5.73 Å². The number of anilines is 1. The van der Waals surface area contributed by atoms with Crippen LogP contribution in [0, 0.1) is 19.3 Å². The average molecular weight is 300 g/mol. The Labute approximate surface area is 129 Å². The third-order valence-corrected chi connectivity index (χ3v) is 5.16. The molecule has 3 rings (SSSR count). The Morgan fingerprint density at radius 1 is 1.48 bits per heavy atom. The lowest BCUT2D eigenvalue weighted by Crippen LogP contribution is -2.35. The van der Waals surface area contributed by atoms with Crippen molar-refractivity contribution < 1.29 is 0 Å². The van der Waals surface area contributed by atoms with Crippen LogP contribution in [-0.4, -0.2) is 17.4 Å². The second-order valence-electron chi connectivity index (χ2n) is 5.58. The van der Waals surface area contributed by atoms with Crippen LogP contribution in [-0.2, 0) is 6.42 Å². The van der Waals surface area contributed by atoms with E-state index in [0.29, 0.717) is 6.04 Å². The zero-order chi connectivity index (χ0) is 15.1. The molecule has 0 amide bonds. The lowest BCUT2D eigenvalue weighted by atomic mass is 9.98. The van der Waals surface area contributed by atoms with Crippen molar-refractivity contribution in [3.05, 3.63) is 44.9 Å². The van der Waals surface area contributed by atoms with Gasteiger partial charge < -0.3 is 10.6 Å². The summed E-state index contributed by atoms with van der Waals surface area (Å²) in [6.45, 7) is 7.10. The van der Waals surface area contributed by atoms with Crippen LogP contribution in [0.4, 0.5) is 5.69 Å². The highest BCUT2D eigenvalue weighted by atomic mass is 32.1. The van der Waals surface area contributed by atoms with Gasteiger partial charge in [0.25, 0.3) is 0 Å². The first kappa shape index (κ1) is 14.1. The maximum Gasteiger partial charge on any atom is 0.126 e. The summed E-state index contributed by atoms with van der Waals surface area (Å²) in [4.78, 5) is 8.30. The number of hydrogen-bond acceptors (Lipinski definition) is 4. The van der Waals surface area contributed by atoms with E-state index in [1.807, 2.05) is 25.2 Å². The number of hydrogen-bond donors (Lipinski definition) is 2. The Bertz CT molecular complexity index is 704. The molecule has 2 aromatic heterocycles. The molecule has 1 aliphatic rings. The molecule has 0 saturated heterocycles. The Hall–Kier alpha value is -1.88. The SMILES string of the molecule is Cc1cc(N2CCc3sccc3C2C)c(C(=N)N)c(C)n1. The third kappa shape index (κ3) is 2.31. The van der Waals surface area contributed by atoms with Crippen LogP contribution < -0.4 is 10.6 Å². The molecule has 1 atom stereocenters. The Morgan fingerprint density at radius 3 is 2.95 bits per heavy atom. The zero-order valence-electron chi connectivity index (χ0n) is 12.6. The summed E-state index contributed by atoms with van der Waals surface area (Å²) in [5, 5.41) is 10.1. The van der Waals surface area contributed by atoms with E-state index in [1.54, 1.807) is 0 Å². The molecule has 0 fully saturated rings. The van der Waals surface area contributed by atoms with Gasteiger partial charge in [-0.3, -0.25) is 10.4 Å². The number of thiophene rings is 1. The minimum atomic E-state index is 0.0957. The molecular formula is C16H20N4S. The summed E-state index contributed by atoms with van der Waals surface area (Å²) in [6.07, 6.45) is 1.05. The molecule has 0 spiro atoms. The van der Waals surface area contributed by atoms with E-state index in [4.69, 9.17) is 11.1 Å². The third-order valence-electron chi connectivity index (χ3n) is 4.16. The van der Waals surface area contributed by atoms with Gasteiger partial charge in [0.2, 0.25) is 0 Å². The van der Waals surface area contributed by atoms with Gasteiger partial charge in [-0.25, -0.2) is 0 Å². The van der Waals surface area contributed by atoms with Gasteiger partial charge in [-0.2, -0.15) is 0 Å². The molecule has 0 bridgehead atoms. The Kier molecular flexibility index (Phi) is 3.45. The van der Waals surface area contributed by atoms with E-state index in [0.717, 1.165) is 35.6 Å². The lowest BCUT2D eigenvalue weighted by Gasteiger charge is -2.37. The van der Waals surface area contributed by atoms with Crippen molar-refractivity contribution in [1.29, 1.82) is 5.41 Å². The van der Waals surface area contributed by atoms with Gasteiger partial charge in [0.05, 0.1) is 23.0 Å². The number of pyridine rings is 1. The van der Waals surface area contributed by atoms with Crippen molar-refractivity contribution >= 4 is 22.9 Å². The fraction of sp³-hybridized carbons (Fsp3) is 0.375. The van der Waals surface area contributed by atoms with Gasteiger partial charge in [0.15, 0.2) is 0 Å². The minimum absolute atomic E-state index is 0.0957.